The van der Waals surface area contributed by atoms with E-state index < -0.39 is 18.7 Å². The first-order chi connectivity index (χ1) is 8.93. The monoisotopic (exact) mass is 264 g/mol. The smallest absolute Gasteiger partial charge is 0.253 e. The predicted octanol–water partition coefficient (Wildman–Crippen LogP) is 2.06. The maximum atomic E-state index is 12.4. The average Bonchev–Trinajstić information content (AvgIpc) is 2.78. The summed E-state index contributed by atoms with van der Waals surface area (Å²) in [6.07, 6.45) is -0.455. The second kappa shape index (κ2) is 4.95. The Hall–Kier alpha value is -1.98. The Bertz CT molecular complexity index is 588. The van der Waals surface area contributed by atoms with Gasteiger partial charge in [-0.25, -0.2) is 9.07 Å². The van der Waals surface area contributed by atoms with Crippen molar-refractivity contribution in [2.75, 3.05) is 6.67 Å². The van der Waals surface area contributed by atoms with Crippen LogP contribution in [0.3, 0.4) is 0 Å². The van der Waals surface area contributed by atoms with Gasteiger partial charge in [0.25, 0.3) is 5.91 Å². The lowest BCUT2D eigenvalue weighted by Crippen LogP contribution is -2.41. The lowest BCUT2D eigenvalue weighted by atomic mass is 9.92. The van der Waals surface area contributed by atoms with Crippen LogP contribution < -0.4 is 5.32 Å². The van der Waals surface area contributed by atoms with E-state index >= 15 is 0 Å². The number of benzene rings is 1. The molecule has 0 bridgehead atoms. The number of hydrogen-bond donors (Lipinski definition) is 1. The van der Waals surface area contributed by atoms with Crippen LogP contribution in [0.25, 0.3) is 11.0 Å². The Morgan fingerprint density at radius 2 is 2.11 bits per heavy atom. The number of nitrogens with zero attached hydrogens (tertiary/aromatic N) is 3. The van der Waals surface area contributed by atoms with Gasteiger partial charge in [0.15, 0.2) is 6.67 Å². The number of alkyl halides is 1. The average molecular weight is 264 g/mol. The third-order valence-electron chi connectivity index (χ3n) is 2.86. The van der Waals surface area contributed by atoms with Crippen LogP contribution in [0.1, 0.15) is 26.9 Å². The van der Waals surface area contributed by atoms with E-state index in [-0.39, 0.29) is 5.41 Å². The second-order valence-corrected chi connectivity index (χ2v) is 5.49. The summed E-state index contributed by atoms with van der Waals surface area (Å²) in [5.74, 6) is -0.653. The summed E-state index contributed by atoms with van der Waals surface area (Å²) in [5, 5.41) is 10.8. The molecular weight excluding hydrogens is 247 g/mol. The van der Waals surface area contributed by atoms with Gasteiger partial charge >= 0.3 is 0 Å². The molecule has 1 unspecified atom stereocenters. The standard InChI is InChI=1S/C13H17FN4O/c1-13(2,3)12(15-11(19)8-14)18-10-7-5-4-6-9(10)16-17-18/h4-7,12H,8H2,1-3H3,(H,15,19). The molecule has 19 heavy (non-hydrogen) atoms. The molecule has 1 aromatic heterocycles. The van der Waals surface area contributed by atoms with Crippen LogP contribution in [0.5, 0.6) is 0 Å². The number of carbonyl (C=O) groups excluding carboxylic acids is 1. The molecule has 0 aliphatic heterocycles. The fourth-order valence-electron chi connectivity index (χ4n) is 1.91. The van der Waals surface area contributed by atoms with Crippen molar-refractivity contribution in [1.82, 2.24) is 20.3 Å². The maximum Gasteiger partial charge on any atom is 0.253 e. The highest BCUT2D eigenvalue weighted by molar-refractivity contribution is 5.78. The third kappa shape index (κ3) is 2.72. The van der Waals surface area contributed by atoms with E-state index in [1.54, 1.807) is 4.68 Å². The summed E-state index contributed by atoms with van der Waals surface area (Å²) in [6.45, 7) is 4.81. The molecule has 1 aromatic carbocycles. The molecule has 0 saturated heterocycles. The lowest BCUT2D eigenvalue weighted by molar-refractivity contribution is -0.124. The highest BCUT2D eigenvalue weighted by Crippen LogP contribution is 2.29. The Kier molecular flexibility index (Phi) is 3.50. The van der Waals surface area contributed by atoms with Gasteiger partial charge in [0.05, 0.1) is 5.52 Å². The number of amides is 1. The van der Waals surface area contributed by atoms with Crippen molar-refractivity contribution in [3.8, 4) is 0 Å². The zero-order chi connectivity index (χ0) is 14.0. The van der Waals surface area contributed by atoms with Gasteiger partial charge in [-0.2, -0.15) is 0 Å². The van der Waals surface area contributed by atoms with Gasteiger partial charge in [-0.05, 0) is 12.1 Å². The SMILES string of the molecule is CC(C)(C)C(NC(=O)CF)n1nnc2ccccc21. The number of rotatable bonds is 3. The number of para-hydroxylation sites is 1. The highest BCUT2D eigenvalue weighted by Gasteiger charge is 2.30. The van der Waals surface area contributed by atoms with Crippen molar-refractivity contribution in [1.29, 1.82) is 0 Å². The molecule has 102 valence electrons. The minimum atomic E-state index is -1.04. The first-order valence-corrected chi connectivity index (χ1v) is 6.09. The summed E-state index contributed by atoms with van der Waals surface area (Å²) in [4.78, 5) is 11.4. The van der Waals surface area contributed by atoms with E-state index in [2.05, 4.69) is 15.6 Å². The number of hydrogen-bond acceptors (Lipinski definition) is 3. The quantitative estimate of drug-likeness (QED) is 0.923. The molecule has 1 amide bonds. The van der Waals surface area contributed by atoms with Crippen LogP contribution >= 0.6 is 0 Å². The van der Waals surface area contributed by atoms with Crippen LogP contribution in [0.2, 0.25) is 0 Å². The van der Waals surface area contributed by atoms with Crippen molar-refractivity contribution in [3.63, 3.8) is 0 Å². The first-order valence-electron chi connectivity index (χ1n) is 6.09. The van der Waals surface area contributed by atoms with E-state index in [0.717, 1.165) is 11.0 Å². The Balaban J connectivity index is 2.46. The molecule has 2 rings (SSSR count). The molecule has 1 heterocycles. The summed E-state index contributed by atoms with van der Waals surface area (Å²) in [7, 11) is 0. The molecule has 0 radical (unpaired) electrons. The van der Waals surface area contributed by atoms with Crippen LogP contribution in [-0.2, 0) is 4.79 Å². The summed E-state index contributed by atoms with van der Waals surface area (Å²) in [6, 6.07) is 7.46. The van der Waals surface area contributed by atoms with Gasteiger partial charge in [-0.1, -0.05) is 38.1 Å². The molecule has 5 nitrogen and oxygen atoms in total. The van der Waals surface area contributed by atoms with Crippen LogP contribution in [0, 0.1) is 5.41 Å². The molecule has 0 spiro atoms. The molecule has 0 aliphatic carbocycles. The van der Waals surface area contributed by atoms with E-state index in [9.17, 15) is 9.18 Å². The zero-order valence-electron chi connectivity index (χ0n) is 11.2. The Morgan fingerprint density at radius 3 is 2.74 bits per heavy atom. The summed E-state index contributed by atoms with van der Waals surface area (Å²) < 4.78 is 14.1. The Morgan fingerprint density at radius 1 is 1.42 bits per heavy atom. The van der Waals surface area contributed by atoms with E-state index in [4.69, 9.17) is 0 Å². The predicted molar refractivity (Wildman–Crippen MR) is 70.1 cm³/mol. The summed E-state index contributed by atoms with van der Waals surface area (Å²) in [5.41, 5.74) is 1.23. The van der Waals surface area contributed by atoms with Crippen LogP contribution in [-0.4, -0.2) is 27.6 Å². The number of aromatic nitrogens is 3. The second-order valence-electron chi connectivity index (χ2n) is 5.49. The number of carbonyl (C=O) groups is 1. The van der Waals surface area contributed by atoms with Crippen molar-refractivity contribution in [2.45, 2.75) is 26.9 Å². The minimum Gasteiger partial charge on any atom is -0.331 e. The molecule has 1 atom stereocenters. The molecule has 0 saturated carbocycles. The molecule has 6 heteroatoms. The number of fused-ring (bicyclic) bond motifs is 1. The fraction of sp³-hybridized carbons (Fsp3) is 0.462. The third-order valence-corrected chi connectivity index (χ3v) is 2.86. The van der Waals surface area contributed by atoms with Crippen molar-refractivity contribution in [2.24, 2.45) is 5.41 Å². The van der Waals surface area contributed by atoms with Crippen LogP contribution in [0.4, 0.5) is 4.39 Å². The van der Waals surface area contributed by atoms with E-state index in [1.165, 1.54) is 0 Å². The van der Waals surface area contributed by atoms with Crippen molar-refractivity contribution >= 4 is 16.9 Å². The number of halogens is 1. The van der Waals surface area contributed by atoms with Crippen molar-refractivity contribution < 1.29 is 9.18 Å². The minimum absolute atomic E-state index is 0.318. The zero-order valence-corrected chi connectivity index (χ0v) is 11.2. The van der Waals surface area contributed by atoms with Crippen LogP contribution in [0.15, 0.2) is 24.3 Å². The van der Waals surface area contributed by atoms with Gasteiger partial charge in [-0.15, -0.1) is 5.10 Å². The van der Waals surface area contributed by atoms with E-state index in [1.807, 2.05) is 45.0 Å². The normalized spacial score (nSPS) is 13.5. The van der Waals surface area contributed by atoms with Crippen molar-refractivity contribution in [3.05, 3.63) is 24.3 Å². The van der Waals surface area contributed by atoms with Gasteiger partial charge in [-0.3, -0.25) is 4.79 Å². The molecule has 1 N–H and O–H groups in total. The maximum absolute atomic E-state index is 12.4. The summed E-state index contributed by atoms with van der Waals surface area (Å²) >= 11 is 0. The Labute approximate surface area is 110 Å². The molecular formula is C13H17FN4O. The fourth-order valence-corrected chi connectivity index (χ4v) is 1.91. The number of nitrogens with one attached hydrogen (secondary N) is 1. The molecule has 0 fully saturated rings. The highest BCUT2D eigenvalue weighted by atomic mass is 19.1. The largest absolute Gasteiger partial charge is 0.331 e. The van der Waals surface area contributed by atoms with Gasteiger partial charge < -0.3 is 5.32 Å². The topological polar surface area (TPSA) is 59.8 Å². The lowest BCUT2D eigenvalue weighted by Gasteiger charge is -2.31. The molecule has 0 aliphatic rings. The van der Waals surface area contributed by atoms with Gasteiger partial charge in [0.1, 0.15) is 11.7 Å². The first kappa shape index (κ1) is 13.5. The molecule has 2 aromatic rings. The van der Waals surface area contributed by atoms with Gasteiger partial charge in [0, 0.05) is 5.41 Å². The van der Waals surface area contributed by atoms with E-state index in [0.29, 0.717) is 0 Å². The van der Waals surface area contributed by atoms with Gasteiger partial charge in [0.2, 0.25) is 0 Å².